The van der Waals surface area contributed by atoms with Gasteiger partial charge in [-0.2, -0.15) is 0 Å². The highest BCUT2D eigenvalue weighted by atomic mass is 19.3. The van der Waals surface area contributed by atoms with Crippen molar-refractivity contribution in [3.8, 4) is 11.1 Å². The lowest BCUT2D eigenvalue weighted by Crippen LogP contribution is -2.48. The van der Waals surface area contributed by atoms with Gasteiger partial charge in [0.2, 0.25) is 5.91 Å². The highest BCUT2D eigenvalue weighted by Crippen LogP contribution is 2.54. The third kappa shape index (κ3) is 4.99. The van der Waals surface area contributed by atoms with Crippen LogP contribution in [-0.2, 0) is 14.3 Å². The first-order valence-electron chi connectivity index (χ1n) is 11.6. The van der Waals surface area contributed by atoms with Gasteiger partial charge < -0.3 is 20.5 Å². The van der Waals surface area contributed by atoms with E-state index in [0.717, 1.165) is 22.3 Å². The zero-order valence-electron chi connectivity index (χ0n) is 19.5. The smallest absolute Gasteiger partial charge is 0.407 e. The van der Waals surface area contributed by atoms with Crippen LogP contribution in [0.4, 0.5) is 13.6 Å². The Morgan fingerprint density at radius 2 is 1.60 bits per heavy atom. The largest absolute Gasteiger partial charge is 0.481 e. The minimum Gasteiger partial charge on any atom is -0.481 e. The van der Waals surface area contributed by atoms with Gasteiger partial charge in [0.1, 0.15) is 18.6 Å². The van der Waals surface area contributed by atoms with E-state index in [1.165, 1.54) is 0 Å². The number of aliphatic carboxylic acids is 1. The zero-order valence-corrected chi connectivity index (χ0v) is 19.5. The highest BCUT2D eigenvalue weighted by Gasteiger charge is 2.72. The Kier molecular flexibility index (Phi) is 6.78. The minimum atomic E-state index is -3.35. The second-order valence-corrected chi connectivity index (χ2v) is 9.49. The molecule has 7 nitrogen and oxygen atoms in total. The number of carboxylic acid groups (broad SMARTS) is 1. The summed E-state index contributed by atoms with van der Waals surface area (Å²) in [6.45, 7) is 3.30. The number of fused-ring (bicyclic) bond motifs is 3. The lowest BCUT2D eigenvalue weighted by molar-refractivity contribution is -0.141. The topological polar surface area (TPSA) is 105 Å². The van der Waals surface area contributed by atoms with Gasteiger partial charge in [-0.25, -0.2) is 13.6 Å². The first-order valence-corrected chi connectivity index (χ1v) is 11.6. The van der Waals surface area contributed by atoms with E-state index in [-0.39, 0.29) is 24.9 Å². The number of hydrogen-bond acceptors (Lipinski definition) is 4. The van der Waals surface area contributed by atoms with Crippen molar-refractivity contribution in [3.63, 3.8) is 0 Å². The number of carbonyl (C=O) groups is 3. The summed E-state index contributed by atoms with van der Waals surface area (Å²) in [6.07, 6.45) is -0.521. The van der Waals surface area contributed by atoms with E-state index < -0.39 is 48.3 Å². The van der Waals surface area contributed by atoms with Gasteiger partial charge in [0.25, 0.3) is 5.92 Å². The third-order valence-electron chi connectivity index (χ3n) is 6.62. The Hall–Kier alpha value is -3.49. The molecule has 4 rings (SSSR count). The van der Waals surface area contributed by atoms with Gasteiger partial charge in [-0.1, -0.05) is 62.4 Å². The van der Waals surface area contributed by atoms with Crippen molar-refractivity contribution in [1.29, 1.82) is 0 Å². The van der Waals surface area contributed by atoms with Gasteiger partial charge in [-0.15, -0.1) is 0 Å². The molecule has 2 amide bonds. The zero-order chi connectivity index (χ0) is 25.3. The van der Waals surface area contributed by atoms with Crippen LogP contribution in [0.15, 0.2) is 48.5 Å². The van der Waals surface area contributed by atoms with Gasteiger partial charge in [-0.05, 0) is 34.6 Å². The molecule has 1 fully saturated rings. The minimum absolute atomic E-state index is 0.0220. The number of rotatable bonds is 9. The molecule has 2 aliphatic carbocycles. The van der Waals surface area contributed by atoms with E-state index >= 15 is 0 Å². The molecular weight excluding hydrogens is 458 g/mol. The Bertz CT molecular complexity index is 1090. The van der Waals surface area contributed by atoms with Crippen molar-refractivity contribution >= 4 is 18.0 Å². The summed E-state index contributed by atoms with van der Waals surface area (Å²) in [7, 11) is 0. The molecule has 35 heavy (non-hydrogen) atoms. The van der Waals surface area contributed by atoms with Crippen molar-refractivity contribution in [2.45, 2.75) is 38.2 Å². The SMILES string of the molecule is CC(C)C[C@@H](NC(=O)OCC1c2ccccc2-c2ccccc21)C(=O)NC[C@@H]1[C@H](C(=O)O)C1(F)F. The number of alkyl halides is 2. The highest BCUT2D eigenvalue weighted by molar-refractivity contribution is 5.86. The van der Waals surface area contributed by atoms with E-state index in [4.69, 9.17) is 9.84 Å². The molecule has 0 aromatic heterocycles. The summed E-state index contributed by atoms with van der Waals surface area (Å²) in [5, 5.41) is 13.8. The van der Waals surface area contributed by atoms with E-state index in [2.05, 4.69) is 10.6 Å². The summed E-state index contributed by atoms with van der Waals surface area (Å²) in [5.74, 6) is -8.99. The Labute approximate surface area is 201 Å². The number of halogens is 2. The van der Waals surface area contributed by atoms with E-state index in [0.29, 0.717) is 0 Å². The van der Waals surface area contributed by atoms with Crippen LogP contribution in [0.5, 0.6) is 0 Å². The number of carbonyl (C=O) groups excluding carboxylic acids is 2. The van der Waals surface area contributed by atoms with Gasteiger partial charge in [0.05, 0.1) is 5.92 Å². The predicted octanol–water partition coefficient (Wildman–Crippen LogP) is 4.02. The van der Waals surface area contributed by atoms with E-state index in [1.807, 2.05) is 62.4 Å². The summed E-state index contributed by atoms with van der Waals surface area (Å²) in [4.78, 5) is 36.2. The lowest BCUT2D eigenvalue weighted by Gasteiger charge is -2.21. The fraction of sp³-hybridized carbons (Fsp3) is 0.423. The maximum absolute atomic E-state index is 13.6. The molecule has 0 spiro atoms. The number of benzene rings is 2. The van der Waals surface area contributed by atoms with Crippen molar-refractivity contribution in [1.82, 2.24) is 10.6 Å². The molecule has 9 heteroatoms. The van der Waals surface area contributed by atoms with Crippen LogP contribution in [0.2, 0.25) is 0 Å². The fourth-order valence-corrected chi connectivity index (χ4v) is 4.80. The summed E-state index contributed by atoms with van der Waals surface area (Å²) >= 11 is 0. The van der Waals surface area contributed by atoms with E-state index in [9.17, 15) is 23.2 Å². The molecule has 0 unspecified atom stereocenters. The van der Waals surface area contributed by atoms with Crippen LogP contribution in [0.1, 0.15) is 37.3 Å². The van der Waals surface area contributed by atoms with E-state index in [1.54, 1.807) is 0 Å². The maximum Gasteiger partial charge on any atom is 0.407 e. The molecule has 2 aromatic carbocycles. The van der Waals surface area contributed by atoms with Crippen LogP contribution in [0, 0.1) is 17.8 Å². The van der Waals surface area contributed by atoms with Crippen molar-refractivity contribution in [2.75, 3.05) is 13.2 Å². The molecule has 3 N–H and O–H groups in total. The molecule has 2 aromatic rings. The number of hydrogen-bond donors (Lipinski definition) is 3. The first-order chi connectivity index (χ1) is 16.6. The Balaban J connectivity index is 1.36. The van der Waals surface area contributed by atoms with Gasteiger partial charge in [0, 0.05) is 12.5 Å². The Morgan fingerprint density at radius 1 is 1.03 bits per heavy atom. The predicted molar refractivity (Wildman–Crippen MR) is 124 cm³/mol. The van der Waals surface area contributed by atoms with Crippen molar-refractivity contribution in [2.24, 2.45) is 17.8 Å². The second-order valence-electron chi connectivity index (χ2n) is 9.49. The van der Waals surface area contributed by atoms with Crippen LogP contribution in [0.3, 0.4) is 0 Å². The number of ether oxygens (including phenoxy) is 1. The number of amides is 2. The van der Waals surface area contributed by atoms with Crippen LogP contribution in [-0.4, -0.2) is 48.2 Å². The summed E-state index contributed by atoms with van der Waals surface area (Å²) < 4.78 is 32.7. The normalized spacial score (nSPS) is 20.5. The molecule has 3 atom stereocenters. The van der Waals surface area contributed by atoms with Gasteiger partial charge in [0.15, 0.2) is 0 Å². The van der Waals surface area contributed by atoms with Crippen molar-refractivity contribution in [3.05, 3.63) is 59.7 Å². The molecule has 0 bridgehead atoms. The van der Waals surface area contributed by atoms with Crippen LogP contribution in [0.25, 0.3) is 11.1 Å². The fourth-order valence-electron chi connectivity index (χ4n) is 4.80. The number of alkyl carbamates (subject to hydrolysis) is 1. The molecule has 0 saturated heterocycles. The molecule has 1 saturated carbocycles. The standard InChI is InChI=1S/C26H28F2N2O5/c1-14(2)11-21(23(31)29-12-20-22(24(32)33)26(20,27)28)30-25(34)35-13-19-17-9-5-3-7-15(17)16-8-4-6-10-18(16)19/h3-10,14,19-22H,11-13H2,1-2H3,(H,29,31)(H,30,34)(H,32,33)/t20-,21-,22-/m1/s1. The molecule has 0 heterocycles. The Morgan fingerprint density at radius 3 is 2.11 bits per heavy atom. The third-order valence-corrected chi connectivity index (χ3v) is 6.62. The molecule has 2 aliphatic rings. The molecule has 186 valence electrons. The quantitative estimate of drug-likeness (QED) is 0.497. The molecule has 0 aliphatic heterocycles. The maximum atomic E-state index is 13.6. The first kappa shape index (κ1) is 24.6. The second kappa shape index (κ2) is 9.64. The average molecular weight is 487 g/mol. The van der Waals surface area contributed by atoms with Gasteiger partial charge >= 0.3 is 12.1 Å². The number of carboxylic acids is 1. The van der Waals surface area contributed by atoms with Crippen LogP contribution < -0.4 is 10.6 Å². The number of nitrogens with one attached hydrogen (secondary N) is 2. The summed E-state index contributed by atoms with van der Waals surface area (Å²) in [6, 6.07) is 14.8. The van der Waals surface area contributed by atoms with Crippen molar-refractivity contribution < 1.29 is 33.0 Å². The monoisotopic (exact) mass is 486 g/mol. The average Bonchev–Trinajstić information content (AvgIpc) is 3.22. The summed E-state index contributed by atoms with van der Waals surface area (Å²) in [5.41, 5.74) is 4.28. The molecule has 0 radical (unpaired) electrons. The molecular formula is C26H28F2N2O5. The van der Waals surface area contributed by atoms with Gasteiger partial charge in [-0.3, -0.25) is 9.59 Å². The van der Waals surface area contributed by atoms with Crippen LogP contribution >= 0.6 is 0 Å². The lowest BCUT2D eigenvalue weighted by atomic mass is 9.98.